The maximum Gasteiger partial charge on any atom is 0.126 e. The Balaban J connectivity index is 2.02. The molecule has 0 spiro atoms. The number of hydrogen-bond acceptors (Lipinski definition) is 2. The largest absolute Gasteiger partial charge is 0.485 e. The van der Waals surface area contributed by atoms with Crippen LogP contribution in [0.3, 0.4) is 0 Å². The van der Waals surface area contributed by atoms with E-state index in [1.165, 1.54) is 27.8 Å². The highest BCUT2D eigenvalue weighted by Crippen LogP contribution is 2.41. The first-order valence-electron chi connectivity index (χ1n) is 7.56. The van der Waals surface area contributed by atoms with Gasteiger partial charge in [0.05, 0.1) is 0 Å². The van der Waals surface area contributed by atoms with Gasteiger partial charge in [-0.15, -0.1) is 0 Å². The smallest absolute Gasteiger partial charge is 0.126 e. The first-order chi connectivity index (χ1) is 9.95. The maximum absolute atomic E-state index is 6.39. The predicted molar refractivity (Wildman–Crippen MR) is 86.7 cm³/mol. The average Bonchev–Trinajstić information content (AvgIpc) is 2.38. The Kier molecular flexibility index (Phi) is 3.50. The molecule has 0 saturated carbocycles. The lowest BCUT2D eigenvalue weighted by atomic mass is 9.88. The van der Waals surface area contributed by atoms with E-state index in [2.05, 4.69) is 58.0 Å². The first-order valence-corrected chi connectivity index (χ1v) is 7.56. The molecular formula is C19H23NO. The summed E-state index contributed by atoms with van der Waals surface area (Å²) in [5.41, 5.74) is 13.9. The number of hydrogen-bond donors (Lipinski definition) is 1. The van der Waals surface area contributed by atoms with Crippen LogP contribution in [0.4, 0.5) is 0 Å². The van der Waals surface area contributed by atoms with Gasteiger partial charge in [-0.3, -0.25) is 0 Å². The summed E-state index contributed by atoms with van der Waals surface area (Å²) in [7, 11) is 0. The molecule has 1 aliphatic heterocycles. The molecule has 2 aromatic carbocycles. The quantitative estimate of drug-likeness (QED) is 0.838. The van der Waals surface area contributed by atoms with Crippen LogP contribution < -0.4 is 10.5 Å². The van der Waals surface area contributed by atoms with Gasteiger partial charge in [-0.05, 0) is 50.5 Å². The lowest BCUT2D eigenvalue weighted by Gasteiger charge is -2.32. The second-order valence-corrected chi connectivity index (χ2v) is 6.30. The number of aryl methyl sites for hydroxylation is 4. The van der Waals surface area contributed by atoms with Crippen LogP contribution in [0.25, 0.3) is 0 Å². The summed E-state index contributed by atoms with van der Waals surface area (Å²) in [4.78, 5) is 0. The molecule has 0 aromatic heterocycles. The third-order valence-corrected chi connectivity index (χ3v) is 4.36. The van der Waals surface area contributed by atoms with E-state index in [9.17, 15) is 0 Å². The highest BCUT2D eigenvalue weighted by atomic mass is 16.5. The molecule has 0 saturated heterocycles. The van der Waals surface area contributed by atoms with Gasteiger partial charge >= 0.3 is 0 Å². The van der Waals surface area contributed by atoms with E-state index in [1.807, 2.05) is 0 Å². The molecule has 0 aliphatic carbocycles. The van der Waals surface area contributed by atoms with Gasteiger partial charge in [0, 0.05) is 18.0 Å². The fraction of sp³-hybridized carbons (Fsp3) is 0.368. The van der Waals surface area contributed by atoms with Crippen LogP contribution in [0.15, 0.2) is 30.3 Å². The van der Waals surface area contributed by atoms with Gasteiger partial charge in [-0.2, -0.15) is 0 Å². The first kappa shape index (κ1) is 14.2. The number of rotatable bonds is 1. The van der Waals surface area contributed by atoms with Crippen molar-refractivity contribution in [3.63, 3.8) is 0 Å². The zero-order chi connectivity index (χ0) is 15.1. The summed E-state index contributed by atoms with van der Waals surface area (Å²) in [5.74, 6) is 0.934. The van der Waals surface area contributed by atoms with Gasteiger partial charge in [-0.1, -0.05) is 35.4 Å². The van der Waals surface area contributed by atoms with Crippen LogP contribution >= 0.6 is 0 Å². The highest BCUT2D eigenvalue weighted by Gasteiger charge is 2.29. The summed E-state index contributed by atoms with van der Waals surface area (Å²) in [6.45, 7) is 8.55. The highest BCUT2D eigenvalue weighted by molar-refractivity contribution is 5.45. The van der Waals surface area contributed by atoms with Gasteiger partial charge < -0.3 is 10.5 Å². The Bertz CT molecular complexity index is 667. The van der Waals surface area contributed by atoms with E-state index in [-0.39, 0.29) is 12.1 Å². The second-order valence-electron chi connectivity index (χ2n) is 6.30. The third kappa shape index (κ3) is 2.56. The molecule has 0 fully saturated rings. The fourth-order valence-electron chi connectivity index (χ4n) is 3.50. The van der Waals surface area contributed by atoms with Crippen molar-refractivity contribution < 1.29 is 4.74 Å². The Hall–Kier alpha value is -1.80. The van der Waals surface area contributed by atoms with Crippen LogP contribution in [-0.2, 0) is 0 Å². The minimum Gasteiger partial charge on any atom is -0.485 e. The molecule has 1 heterocycles. The summed E-state index contributed by atoms with van der Waals surface area (Å²) >= 11 is 0. The molecule has 3 rings (SSSR count). The van der Waals surface area contributed by atoms with Crippen LogP contribution in [0, 0.1) is 27.7 Å². The average molecular weight is 281 g/mol. The monoisotopic (exact) mass is 281 g/mol. The van der Waals surface area contributed by atoms with Crippen LogP contribution in [0.1, 0.15) is 51.9 Å². The molecule has 1 aliphatic rings. The van der Waals surface area contributed by atoms with Crippen molar-refractivity contribution in [2.45, 2.75) is 46.3 Å². The van der Waals surface area contributed by atoms with E-state index in [1.54, 1.807) is 0 Å². The molecule has 0 radical (unpaired) electrons. The molecular weight excluding hydrogens is 258 g/mol. The normalized spacial score (nSPS) is 20.8. The van der Waals surface area contributed by atoms with Crippen molar-refractivity contribution in [3.05, 3.63) is 63.7 Å². The molecule has 2 nitrogen and oxygen atoms in total. The minimum absolute atomic E-state index is 0.0405. The molecule has 21 heavy (non-hydrogen) atoms. The van der Waals surface area contributed by atoms with Gasteiger partial charge in [0.15, 0.2) is 0 Å². The SMILES string of the molecule is Cc1cc(C)c(C2CC(N)c3cc(C)ccc3O2)c(C)c1. The molecule has 2 heteroatoms. The summed E-state index contributed by atoms with van der Waals surface area (Å²) < 4.78 is 6.26. The zero-order valence-electron chi connectivity index (χ0n) is 13.2. The van der Waals surface area contributed by atoms with Crippen LogP contribution in [-0.4, -0.2) is 0 Å². The van der Waals surface area contributed by atoms with E-state index in [4.69, 9.17) is 10.5 Å². The van der Waals surface area contributed by atoms with Crippen molar-refractivity contribution >= 4 is 0 Å². The summed E-state index contributed by atoms with van der Waals surface area (Å²) in [6.07, 6.45) is 0.886. The third-order valence-electron chi connectivity index (χ3n) is 4.36. The molecule has 110 valence electrons. The molecule has 2 aromatic rings. The molecule has 2 atom stereocenters. The van der Waals surface area contributed by atoms with E-state index < -0.39 is 0 Å². The zero-order valence-corrected chi connectivity index (χ0v) is 13.2. The second kappa shape index (κ2) is 5.19. The Morgan fingerprint density at radius 3 is 2.29 bits per heavy atom. The van der Waals surface area contributed by atoms with Crippen LogP contribution in [0.2, 0.25) is 0 Å². The summed E-state index contributed by atoms with van der Waals surface area (Å²) in [6, 6.07) is 10.8. The number of benzene rings is 2. The lowest BCUT2D eigenvalue weighted by Crippen LogP contribution is -2.25. The predicted octanol–water partition coefficient (Wildman–Crippen LogP) is 4.44. The van der Waals surface area contributed by atoms with E-state index >= 15 is 0 Å². The van der Waals surface area contributed by atoms with Gasteiger partial charge in [0.1, 0.15) is 11.9 Å². The topological polar surface area (TPSA) is 35.2 Å². The fourth-order valence-corrected chi connectivity index (χ4v) is 3.50. The molecule has 2 unspecified atom stereocenters. The standard InChI is InChI=1S/C19H23NO/c1-11-5-6-17-15(9-11)16(20)10-18(21-17)19-13(3)7-12(2)8-14(19)4/h5-9,16,18H,10,20H2,1-4H3. The maximum atomic E-state index is 6.39. The lowest BCUT2D eigenvalue weighted by molar-refractivity contribution is 0.160. The van der Waals surface area contributed by atoms with Gasteiger partial charge in [-0.25, -0.2) is 0 Å². The Morgan fingerprint density at radius 2 is 1.62 bits per heavy atom. The van der Waals surface area contributed by atoms with Gasteiger partial charge in [0.25, 0.3) is 0 Å². The van der Waals surface area contributed by atoms with Crippen molar-refractivity contribution in [1.82, 2.24) is 0 Å². The summed E-state index contributed by atoms with van der Waals surface area (Å²) in [5, 5.41) is 0. The number of fused-ring (bicyclic) bond motifs is 1. The number of nitrogens with two attached hydrogens (primary N) is 1. The van der Waals surface area contributed by atoms with Crippen molar-refractivity contribution in [2.24, 2.45) is 5.73 Å². The van der Waals surface area contributed by atoms with Crippen molar-refractivity contribution in [3.8, 4) is 5.75 Å². The Labute approximate surface area is 126 Å². The molecule has 0 amide bonds. The minimum atomic E-state index is 0.0405. The molecule has 2 N–H and O–H groups in total. The van der Waals surface area contributed by atoms with Crippen LogP contribution in [0.5, 0.6) is 5.75 Å². The van der Waals surface area contributed by atoms with E-state index in [0.717, 1.165) is 17.7 Å². The van der Waals surface area contributed by atoms with Crippen molar-refractivity contribution in [1.29, 1.82) is 0 Å². The van der Waals surface area contributed by atoms with Gasteiger partial charge in [0.2, 0.25) is 0 Å². The van der Waals surface area contributed by atoms with Crippen molar-refractivity contribution in [2.75, 3.05) is 0 Å². The molecule has 0 bridgehead atoms. The Morgan fingerprint density at radius 1 is 0.952 bits per heavy atom. The number of ether oxygens (including phenoxy) is 1. The van der Waals surface area contributed by atoms with E-state index in [0.29, 0.717) is 0 Å².